The summed E-state index contributed by atoms with van der Waals surface area (Å²) in [6, 6.07) is 22.6. The molecule has 6 heteroatoms. The van der Waals surface area contributed by atoms with Crippen LogP contribution in [0, 0.1) is 0 Å². The summed E-state index contributed by atoms with van der Waals surface area (Å²) in [7, 11) is 0. The van der Waals surface area contributed by atoms with Crippen LogP contribution in [0.3, 0.4) is 0 Å². The Balaban J connectivity index is 1.66. The number of carboxylic acids is 1. The number of aliphatic carboxylic acids is 1. The fourth-order valence-corrected chi connectivity index (χ4v) is 3.58. The van der Waals surface area contributed by atoms with Crippen molar-refractivity contribution in [1.29, 1.82) is 0 Å². The Hall–Kier alpha value is -3.93. The number of ether oxygens (including phenoxy) is 1. The summed E-state index contributed by atoms with van der Waals surface area (Å²) in [6.45, 7) is 3.74. The van der Waals surface area contributed by atoms with E-state index in [0.29, 0.717) is 11.1 Å². The lowest BCUT2D eigenvalue weighted by Gasteiger charge is -2.20. The van der Waals surface area contributed by atoms with Crippen LogP contribution in [0.25, 0.3) is 11.1 Å². The van der Waals surface area contributed by atoms with Crippen molar-refractivity contribution in [3.63, 3.8) is 0 Å². The average Bonchev–Trinajstić information content (AvgIpc) is 2.84. The van der Waals surface area contributed by atoms with Gasteiger partial charge in [-0.05, 0) is 54.3 Å². The van der Waals surface area contributed by atoms with Gasteiger partial charge in [0.15, 0.2) is 5.78 Å². The van der Waals surface area contributed by atoms with E-state index in [4.69, 9.17) is 9.84 Å². The number of benzene rings is 3. The molecule has 3 aromatic carbocycles. The van der Waals surface area contributed by atoms with Gasteiger partial charge >= 0.3 is 5.97 Å². The molecule has 1 amide bonds. The van der Waals surface area contributed by atoms with Gasteiger partial charge in [-0.2, -0.15) is 0 Å². The third-order valence-corrected chi connectivity index (χ3v) is 5.48. The molecule has 2 N–H and O–H groups in total. The third-order valence-electron chi connectivity index (χ3n) is 5.48. The maximum atomic E-state index is 12.2. The van der Waals surface area contributed by atoms with Crippen molar-refractivity contribution in [2.45, 2.75) is 39.2 Å². The molecule has 3 rings (SSSR count). The number of carbonyl (C=O) groups is 3. The number of carboxylic acid groups (broad SMARTS) is 1. The van der Waals surface area contributed by atoms with Gasteiger partial charge in [0.1, 0.15) is 11.9 Å². The van der Waals surface area contributed by atoms with Crippen LogP contribution in [0.4, 0.5) is 0 Å². The first-order valence-electron chi connectivity index (χ1n) is 11.4. The lowest BCUT2D eigenvalue weighted by molar-refractivity contribution is -0.136. The summed E-state index contributed by atoms with van der Waals surface area (Å²) in [5.41, 5.74) is 4.19. The Bertz CT molecular complexity index is 1120. The van der Waals surface area contributed by atoms with Gasteiger partial charge in [0, 0.05) is 17.7 Å². The van der Waals surface area contributed by atoms with Gasteiger partial charge in [-0.15, -0.1) is 0 Å². The van der Waals surface area contributed by atoms with Gasteiger partial charge in [0.25, 0.3) is 5.91 Å². The number of amides is 1. The number of nitrogens with one attached hydrogen (secondary N) is 1. The molecule has 1 unspecified atom stereocenters. The average molecular weight is 460 g/mol. The van der Waals surface area contributed by atoms with Crippen LogP contribution < -0.4 is 10.1 Å². The van der Waals surface area contributed by atoms with Gasteiger partial charge in [0.05, 0.1) is 6.42 Å². The normalized spacial score (nSPS) is 11.5. The maximum Gasteiger partial charge on any atom is 0.305 e. The molecule has 0 aliphatic carbocycles. The minimum absolute atomic E-state index is 0.0455. The van der Waals surface area contributed by atoms with E-state index in [1.807, 2.05) is 60.7 Å². The molecule has 176 valence electrons. The molecule has 0 radical (unpaired) electrons. The Morgan fingerprint density at radius 2 is 1.41 bits per heavy atom. The van der Waals surface area contributed by atoms with E-state index in [-0.39, 0.29) is 30.8 Å². The Kier molecular flexibility index (Phi) is 8.57. The second-order valence-electron chi connectivity index (χ2n) is 8.07. The summed E-state index contributed by atoms with van der Waals surface area (Å²) >= 11 is 0. The molecule has 1 atom stereocenters. The van der Waals surface area contributed by atoms with Gasteiger partial charge in [-0.1, -0.05) is 61.9 Å². The minimum Gasteiger partial charge on any atom is -0.486 e. The van der Waals surface area contributed by atoms with E-state index < -0.39 is 5.97 Å². The zero-order chi connectivity index (χ0) is 24.5. The lowest BCUT2D eigenvalue weighted by atomic mass is 10.0. The molecule has 0 heterocycles. The van der Waals surface area contributed by atoms with E-state index >= 15 is 0 Å². The number of hydrogen-bond acceptors (Lipinski definition) is 4. The number of rotatable bonds is 11. The molecular formula is C28H29NO5. The lowest BCUT2D eigenvalue weighted by Crippen LogP contribution is -2.26. The topological polar surface area (TPSA) is 92.7 Å². The van der Waals surface area contributed by atoms with Crippen LogP contribution >= 0.6 is 0 Å². The van der Waals surface area contributed by atoms with Crippen molar-refractivity contribution in [2.75, 3.05) is 6.54 Å². The van der Waals surface area contributed by atoms with Gasteiger partial charge in [-0.25, -0.2) is 0 Å². The predicted octanol–water partition coefficient (Wildman–Crippen LogP) is 5.68. The Morgan fingerprint density at radius 3 is 1.94 bits per heavy atom. The van der Waals surface area contributed by atoms with Crippen molar-refractivity contribution in [2.24, 2.45) is 0 Å². The molecule has 0 bridgehead atoms. The van der Waals surface area contributed by atoms with Crippen LogP contribution in [-0.2, 0) is 4.79 Å². The molecule has 6 nitrogen and oxygen atoms in total. The monoisotopic (exact) mass is 459 g/mol. The van der Waals surface area contributed by atoms with Crippen molar-refractivity contribution >= 4 is 17.7 Å². The molecule has 0 fully saturated rings. The second kappa shape index (κ2) is 11.8. The van der Waals surface area contributed by atoms with Crippen LogP contribution in [0.1, 0.15) is 65.5 Å². The number of hydrogen-bond donors (Lipinski definition) is 2. The highest BCUT2D eigenvalue weighted by Crippen LogP contribution is 2.29. The van der Waals surface area contributed by atoms with Crippen LogP contribution in [-0.4, -0.2) is 29.3 Å². The van der Waals surface area contributed by atoms with E-state index in [1.165, 1.54) is 0 Å². The highest BCUT2D eigenvalue weighted by molar-refractivity contribution is 5.95. The van der Waals surface area contributed by atoms with E-state index in [1.54, 1.807) is 19.1 Å². The standard InChI is InChI=1S/C28H29NO5/c1-3-4-26(23-9-11-24(12-10-23)28(33)29-18-17-27(31)32)34-25-15-13-22(14-16-25)21-7-5-20(6-8-21)19(2)30/h5-16,26H,3-4,17-18H2,1-2H3,(H,29,33)(H,31,32). The summed E-state index contributed by atoms with van der Waals surface area (Å²) in [4.78, 5) is 34.2. The number of ketones is 1. The van der Waals surface area contributed by atoms with Crippen molar-refractivity contribution in [3.05, 3.63) is 89.5 Å². The van der Waals surface area contributed by atoms with Crippen molar-refractivity contribution in [1.82, 2.24) is 5.32 Å². The maximum absolute atomic E-state index is 12.2. The molecule has 0 saturated heterocycles. The Morgan fingerprint density at radius 1 is 0.853 bits per heavy atom. The molecule has 0 aromatic heterocycles. The first kappa shape index (κ1) is 24.7. The molecule has 3 aromatic rings. The fraction of sp³-hybridized carbons (Fsp3) is 0.250. The number of carbonyl (C=O) groups excluding carboxylic acids is 2. The molecule has 0 aliphatic rings. The highest BCUT2D eigenvalue weighted by Gasteiger charge is 2.14. The largest absolute Gasteiger partial charge is 0.486 e. The quantitative estimate of drug-likeness (QED) is 0.360. The first-order valence-corrected chi connectivity index (χ1v) is 11.4. The van der Waals surface area contributed by atoms with Crippen LogP contribution in [0.5, 0.6) is 5.75 Å². The van der Waals surface area contributed by atoms with Crippen molar-refractivity contribution in [3.8, 4) is 16.9 Å². The van der Waals surface area contributed by atoms with Crippen LogP contribution in [0.15, 0.2) is 72.8 Å². The molecule has 0 aliphatic heterocycles. The van der Waals surface area contributed by atoms with E-state index in [2.05, 4.69) is 12.2 Å². The third kappa shape index (κ3) is 6.78. The molecule has 34 heavy (non-hydrogen) atoms. The fourth-order valence-electron chi connectivity index (χ4n) is 3.58. The SMILES string of the molecule is CCCC(Oc1ccc(-c2ccc(C(C)=O)cc2)cc1)c1ccc(C(=O)NCCC(=O)O)cc1. The van der Waals surface area contributed by atoms with Gasteiger partial charge < -0.3 is 15.2 Å². The zero-order valence-electron chi connectivity index (χ0n) is 19.4. The van der Waals surface area contributed by atoms with Gasteiger partial charge in [0.2, 0.25) is 0 Å². The van der Waals surface area contributed by atoms with Crippen molar-refractivity contribution < 1.29 is 24.2 Å². The van der Waals surface area contributed by atoms with E-state index in [9.17, 15) is 14.4 Å². The summed E-state index contributed by atoms with van der Waals surface area (Å²) in [5.74, 6) is -0.455. The summed E-state index contributed by atoms with van der Waals surface area (Å²) < 4.78 is 6.26. The smallest absolute Gasteiger partial charge is 0.305 e. The van der Waals surface area contributed by atoms with E-state index in [0.717, 1.165) is 35.3 Å². The van der Waals surface area contributed by atoms with Gasteiger partial charge in [-0.3, -0.25) is 14.4 Å². The molecule has 0 spiro atoms. The number of Topliss-reactive ketones (excluding diaryl/α,β-unsaturated/α-hetero) is 1. The minimum atomic E-state index is -0.950. The highest BCUT2D eigenvalue weighted by atomic mass is 16.5. The first-order chi connectivity index (χ1) is 16.4. The summed E-state index contributed by atoms with van der Waals surface area (Å²) in [6.07, 6.45) is 1.48. The zero-order valence-corrected chi connectivity index (χ0v) is 19.4. The second-order valence-corrected chi connectivity index (χ2v) is 8.07. The molecule has 0 saturated carbocycles. The summed E-state index contributed by atoms with van der Waals surface area (Å²) in [5, 5.41) is 11.3. The predicted molar refractivity (Wildman–Crippen MR) is 131 cm³/mol. The van der Waals surface area contributed by atoms with Crippen LogP contribution in [0.2, 0.25) is 0 Å². The Labute approximate surface area is 199 Å². The molecular weight excluding hydrogens is 430 g/mol.